The Balaban J connectivity index is 1.28. The number of aryl methyl sites for hydroxylation is 2. The van der Waals surface area contributed by atoms with E-state index in [4.69, 9.17) is 0 Å². The molecule has 4 aromatic rings. The van der Waals surface area contributed by atoms with Gasteiger partial charge in [0.1, 0.15) is 0 Å². The lowest BCUT2D eigenvalue weighted by molar-refractivity contribution is -0.116. The molecule has 32 heavy (non-hydrogen) atoms. The highest BCUT2D eigenvalue weighted by Crippen LogP contribution is 2.29. The van der Waals surface area contributed by atoms with Gasteiger partial charge in [0.05, 0.1) is 16.8 Å². The van der Waals surface area contributed by atoms with Crippen LogP contribution in [0.15, 0.2) is 47.8 Å². The van der Waals surface area contributed by atoms with Gasteiger partial charge in [0, 0.05) is 23.9 Å². The second-order valence-corrected chi connectivity index (χ2v) is 8.51. The summed E-state index contributed by atoms with van der Waals surface area (Å²) < 4.78 is 1.71. The van der Waals surface area contributed by atoms with E-state index in [1.165, 1.54) is 16.9 Å². The SMILES string of the molecule is Cc1ccc(-c2csc3nc(NC(=O)CCN4C(=O)c5ccccc5C4=O)nn23)c(C)c1. The number of fused-ring (bicyclic) bond motifs is 2. The number of imide groups is 1. The Morgan fingerprint density at radius 2 is 1.75 bits per heavy atom. The molecule has 9 heteroatoms. The van der Waals surface area contributed by atoms with Gasteiger partial charge in [-0.2, -0.15) is 4.98 Å². The van der Waals surface area contributed by atoms with E-state index < -0.39 is 0 Å². The number of rotatable bonds is 5. The number of thiazole rings is 1. The quantitative estimate of drug-likeness (QED) is 0.473. The summed E-state index contributed by atoms with van der Waals surface area (Å²) in [5.74, 6) is -0.933. The molecule has 0 radical (unpaired) electrons. The molecule has 0 spiro atoms. The minimum atomic E-state index is -0.378. The van der Waals surface area contributed by atoms with Gasteiger partial charge in [-0.25, -0.2) is 4.52 Å². The Bertz CT molecular complexity index is 1370. The molecule has 1 aliphatic rings. The van der Waals surface area contributed by atoms with Crippen LogP contribution in [0.1, 0.15) is 38.3 Å². The van der Waals surface area contributed by atoms with E-state index in [1.807, 2.05) is 31.4 Å². The average molecular weight is 446 g/mol. The molecule has 160 valence electrons. The number of nitrogens with one attached hydrogen (secondary N) is 1. The number of hydrogen-bond donors (Lipinski definition) is 1. The molecule has 0 aliphatic carbocycles. The molecule has 8 nitrogen and oxygen atoms in total. The van der Waals surface area contributed by atoms with E-state index >= 15 is 0 Å². The van der Waals surface area contributed by atoms with Crippen molar-refractivity contribution >= 4 is 40.0 Å². The van der Waals surface area contributed by atoms with E-state index in [9.17, 15) is 14.4 Å². The normalized spacial score (nSPS) is 13.1. The number of carbonyl (C=O) groups excluding carboxylic acids is 3. The first-order valence-electron chi connectivity index (χ1n) is 10.1. The van der Waals surface area contributed by atoms with Crippen molar-refractivity contribution in [3.05, 3.63) is 70.1 Å². The molecule has 0 saturated heterocycles. The lowest BCUT2D eigenvalue weighted by Gasteiger charge is -2.12. The fourth-order valence-electron chi connectivity index (χ4n) is 3.86. The van der Waals surface area contributed by atoms with Gasteiger partial charge in [-0.1, -0.05) is 35.9 Å². The molecule has 3 amide bonds. The highest BCUT2D eigenvalue weighted by atomic mass is 32.1. The topological polar surface area (TPSA) is 96.7 Å². The average Bonchev–Trinajstić information content (AvgIpc) is 3.40. The van der Waals surface area contributed by atoms with Gasteiger partial charge < -0.3 is 0 Å². The third kappa shape index (κ3) is 3.36. The van der Waals surface area contributed by atoms with Gasteiger partial charge in [-0.05, 0) is 31.5 Å². The number of aromatic nitrogens is 3. The van der Waals surface area contributed by atoms with Crippen molar-refractivity contribution in [2.75, 3.05) is 11.9 Å². The summed E-state index contributed by atoms with van der Waals surface area (Å²) in [6, 6.07) is 12.9. The van der Waals surface area contributed by atoms with Crippen LogP contribution in [-0.4, -0.2) is 43.8 Å². The van der Waals surface area contributed by atoms with Crippen LogP contribution in [0.5, 0.6) is 0 Å². The van der Waals surface area contributed by atoms with Gasteiger partial charge in [0.15, 0.2) is 0 Å². The lowest BCUT2D eigenvalue weighted by atomic mass is 10.0. The smallest absolute Gasteiger partial charge is 0.261 e. The zero-order valence-electron chi connectivity index (χ0n) is 17.5. The Morgan fingerprint density at radius 3 is 2.44 bits per heavy atom. The Kier molecular flexibility index (Phi) is 4.82. The standard InChI is InChI=1S/C23H19N5O3S/c1-13-7-8-15(14(2)11-13)18-12-32-23-25-22(26-28(18)23)24-19(29)9-10-27-20(30)16-5-3-4-6-17(16)21(27)31/h3-8,11-12H,9-10H2,1-2H3,(H,24,26,29). The van der Waals surface area contributed by atoms with E-state index in [1.54, 1.807) is 28.8 Å². The van der Waals surface area contributed by atoms with Crippen molar-refractivity contribution in [2.24, 2.45) is 0 Å². The van der Waals surface area contributed by atoms with Crippen molar-refractivity contribution in [1.82, 2.24) is 19.5 Å². The van der Waals surface area contributed by atoms with Gasteiger partial charge >= 0.3 is 0 Å². The summed E-state index contributed by atoms with van der Waals surface area (Å²) in [5, 5.41) is 9.09. The first-order valence-corrected chi connectivity index (χ1v) is 11.0. The number of carbonyl (C=O) groups is 3. The van der Waals surface area contributed by atoms with Crippen LogP contribution in [0.25, 0.3) is 16.2 Å². The molecule has 3 heterocycles. The maximum absolute atomic E-state index is 12.5. The molecule has 1 aliphatic heterocycles. The second kappa shape index (κ2) is 7.69. The van der Waals surface area contributed by atoms with Crippen molar-refractivity contribution in [2.45, 2.75) is 20.3 Å². The summed E-state index contributed by atoms with van der Waals surface area (Å²) in [5.41, 5.74) is 5.01. The minimum absolute atomic E-state index is 0.00574. The van der Waals surface area contributed by atoms with Gasteiger partial charge in [-0.15, -0.1) is 16.4 Å². The molecule has 2 aromatic heterocycles. The van der Waals surface area contributed by atoms with Gasteiger partial charge in [0.25, 0.3) is 11.8 Å². The van der Waals surface area contributed by atoms with Crippen LogP contribution >= 0.6 is 11.3 Å². The third-order valence-electron chi connectivity index (χ3n) is 5.43. The number of hydrogen-bond acceptors (Lipinski definition) is 6. The zero-order valence-corrected chi connectivity index (χ0v) is 18.3. The van der Waals surface area contributed by atoms with E-state index in [-0.39, 0.29) is 36.6 Å². The summed E-state index contributed by atoms with van der Waals surface area (Å²) in [7, 11) is 0. The van der Waals surface area contributed by atoms with Crippen LogP contribution in [0.2, 0.25) is 0 Å². The predicted molar refractivity (Wildman–Crippen MR) is 121 cm³/mol. The number of benzene rings is 2. The van der Waals surface area contributed by atoms with E-state index in [0.29, 0.717) is 16.1 Å². The number of amides is 3. The number of anilines is 1. The molecule has 2 aromatic carbocycles. The summed E-state index contributed by atoms with van der Waals surface area (Å²) >= 11 is 1.44. The van der Waals surface area contributed by atoms with E-state index in [2.05, 4.69) is 21.5 Å². The van der Waals surface area contributed by atoms with Gasteiger partial charge in [0.2, 0.25) is 16.8 Å². The fraction of sp³-hybridized carbons (Fsp3) is 0.174. The summed E-state index contributed by atoms with van der Waals surface area (Å²) in [4.78, 5) is 43.5. The number of nitrogens with zero attached hydrogens (tertiary/aromatic N) is 4. The Hall–Kier alpha value is -3.85. The largest absolute Gasteiger partial charge is 0.293 e. The fourth-order valence-corrected chi connectivity index (χ4v) is 4.69. The summed E-state index contributed by atoms with van der Waals surface area (Å²) in [6.07, 6.45) is -0.0394. The minimum Gasteiger partial charge on any atom is -0.293 e. The molecule has 0 fully saturated rings. The lowest BCUT2D eigenvalue weighted by Crippen LogP contribution is -2.33. The van der Waals surface area contributed by atoms with Gasteiger partial charge in [-0.3, -0.25) is 24.6 Å². The van der Waals surface area contributed by atoms with Crippen LogP contribution in [-0.2, 0) is 4.79 Å². The van der Waals surface area contributed by atoms with E-state index in [0.717, 1.165) is 21.7 Å². The first-order chi connectivity index (χ1) is 15.4. The van der Waals surface area contributed by atoms with Crippen LogP contribution in [0, 0.1) is 13.8 Å². The third-order valence-corrected chi connectivity index (χ3v) is 6.25. The predicted octanol–water partition coefficient (Wildman–Crippen LogP) is 3.70. The maximum Gasteiger partial charge on any atom is 0.261 e. The van der Waals surface area contributed by atoms with Crippen molar-refractivity contribution < 1.29 is 14.4 Å². The van der Waals surface area contributed by atoms with Crippen molar-refractivity contribution in [3.63, 3.8) is 0 Å². The molecule has 0 unspecified atom stereocenters. The molecule has 1 N–H and O–H groups in total. The molecule has 5 rings (SSSR count). The van der Waals surface area contributed by atoms with Crippen molar-refractivity contribution in [1.29, 1.82) is 0 Å². The molecule has 0 bridgehead atoms. The maximum atomic E-state index is 12.5. The molecule has 0 atom stereocenters. The Labute approximate surface area is 187 Å². The van der Waals surface area contributed by atoms with Crippen LogP contribution < -0.4 is 5.32 Å². The molecular formula is C23H19N5O3S. The Morgan fingerprint density at radius 1 is 1.03 bits per heavy atom. The first kappa shape index (κ1) is 20.1. The zero-order chi connectivity index (χ0) is 22.4. The molecular weight excluding hydrogens is 426 g/mol. The second-order valence-electron chi connectivity index (χ2n) is 7.67. The van der Waals surface area contributed by atoms with Crippen molar-refractivity contribution in [3.8, 4) is 11.3 Å². The van der Waals surface area contributed by atoms with Crippen LogP contribution in [0.4, 0.5) is 5.95 Å². The monoisotopic (exact) mass is 445 g/mol. The van der Waals surface area contributed by atoms with Crippen LogP contribution in [0.3, 0.4) is 0 Å². The highest BCUT2D eigenvalue weighted by Gasteiger charge is 2.35. The highest BCUT2D eigenvalue weighted by molar-refractivity contribution is 7.15. The molecule has 0 saturated carbocycles. The summed E-state index contributed by atoms with van der Waals surface area (Å²) in [6.45, 7) is 4.09.